The molecule has 1 aromatic rings. The van der Waals surface area contributed by atoms with E-state index in [1.165, 1.54) is 0 Å². The summed E-state index contributed by atoms with van der Waals surface area (Å²) < 4.78 is 0. The summed E-state index contributed by atoms with van der Waals surface area (Å²) in [5, 5.41) is 16.1. The molecule has 0 bridgehead atoms. The van der Waals surface area contributed by atoms with E-state index in [1.807, 2.05) is 13.0 Å². The average molecular weight is 222 g/mol. The Morgan fingerprint density at radius 2 is 2.25 bits per heavy atom. The van der Waals surface area contributed by atoms with Gasteiger partial charge in [0.15, 0.2) is 0 Å². The summed E-state index contributed by atoms with van der Waals surface area (Å²) in [4.78, 5) is 8.36. The standard InChI is InChI=1S/C11H18N4O/c1-2-12-10-13-7-4-9(15-10)14-8-11(16)5-3-6-11/h4,7,16H,2-3,5-6,8H2,1H3,(H2,12,13,14,15). The fourth-order valence-electron chi connectivity index (χ4n) is 1.72. The number of rotatable bonds is 5. The smallest absolute Gasteiger partial charge is 0.224 e. The van der Waals surface area contributed by atoms with E-state index in [9.17, 15) is 5.11 Å². The molecule has 5 heteroatoms. The summed E-state index contributed by atoms with van der Waals surface area (Å²) in [6, 6.07) is 1.81. The highest BCUT2D eigenvalue weighted by Crippen LogP contribution is 2.31. The molecule has 0 atom stereocenters. The van der Waals surface area contributed by atoms with Gasteiger partial charge in [-0.25, -0.2) is 4.98 Å². The molecule has 2 rings (SSSR count). The molecule has 88 valence electrons. The molecule has 1 aliphatic carbocycles. The lowest BCUT2D eigenvalue weighted by molar-refractivity contribution is -0.0202. The predicted molar refractivity (Wildman–Crippen MR) is 63.5 cm³/mol. The number of nitrogens with one attached hydrogen (secondary N) is 2. The maximum Gasteiger partial charge on any atom is 0.224 e. The van der Waals surface area contributed by atoms with Crippen LogP contribution in [0.25, 0.3) is 0 Å². The second-order valence-corrected chi connectivity index (χ2v) is 4.23. The zero-order valence-corrected chi connectivity index (χ0v) is 9.53. The third-order valence-corrected chi connectivity index (χ3v) is 2.87. The van der Waals surface area contributed by atoms with Gasteiger partial charge < -0.3 is 15.7 Å². The van der Waals surface area contributed by atoms with Crippen LogP contribution in [0.4, 0.5) is 11.8 Å². The van der Waals surface area contributed by atoms with Gasteiger partial charge in [-0.05, 0) is 32.3 Å². The summed E-state index contributed by atoms with van der Waals surface area (Å²) in [6.45, 7) is 3.36. The Bertz CT molecular complexity index is 352. The minimum atomic E-state index is -0.525. The van der Waals surface area contributed by atoms with Crippen LogP contribution in [-0.2, 0) is 0 Å². The highest BCUT2D eigenvalue weighted by molar-refractivity contribution is 5.39. The van der Waals surface area contributed by atoms with Gasteiger partial charge in [0.05, 0.1) is 5.60 Å². The monoisotopic (exact) mass is 222 g/mol. The zero-order valence-electron chi connectivity index (χ0n) is 9.53. The van der Waals surface area contributed by atoms with Crippen LogP contribution in [0.3, 0.4) is 0 Å². The molecule has 0 aromatic carbocycles. The Morgan fingerprint density at radius 3 is 2.88 bits per heavy atom. The highest BCUT2D eigenvalue weighted by Gasteiger charge is 2.33. The Kier molecular flexibility index (Phi) is 3.24. The summed E-state index contributed by atoms with van der Waals surface area (Å²) in [5.74, 6) is 1.37. The summed E-state index contributed by atoms with van der Waals surface area (Å²) in [5.41, 5.74) is -0.525. The highest BCUT2D eigenvalue weighted by atomic mass is 16.3. The lowest BCUT2D eigenvalue weighted by Crippen LogP contribution is -2.43. The first kappa shape index (κ1) is 11.1. The van der Waals surface area contributed by atoms with Gasteiger partial charge in [0.25, 0.3) is 0 Å². The normalized spacial score (nSPS) is 17.6. The van der Waals surface area contributed by atoms with Crippen molar-refractivity contribution in [1.29, 1.82) is 0 Å². The van der Waals surface area contributed by atoms with Crippen molar-refractivity contribution in [2.24, 2.45) is 0 Å². The molecule has 1 saturated carbocycles. The van der Waals surface area contributed by atoms with E-state index in [2.05, 4.69) is 20.6 Å². The van der Waals surface area contributed by atoms with Crippen molar-refractivity contribution < 1.29 is 5.11 Å². The lowest BCUT2D eigenvalue weighted by atomic mass is 9.80. The van der Waals surface area contributed by atoms with Crippen LogP contribution < -0.4 is 10.6 Å². The molecular weight excluding hydrogens is 204 g/mol. The van der Waals surface area contributed by atoms with E-state index < -0.39 is 5.60 Å². The van der Waals surface area contributed by atoms with Crippen molar-refractivity contribution in [2.45, 2.75) is 31.8 Å². The third-order valence-electron chi connectivity index (χ3n) is 2.87. The average Bonchev–Trinajstić information content (AvgIpc) is 2.25. The largest absolute Gasteiger partial charge is 0.388 e. The van der Waals surface area contributed by atoms with Crippen molar-refractivity contribution in [3.8, 4) is 0 Å². The Balaban J connectivity index is 1.90. The molecule has 1 aliphatic rings. The molecule has 0 spiro atoms. The Hall–Kier alpha value is -1.36. The molecule has 1 fully saturated rings. The van der Waals surface area contributed by atoms with Gasteiger partial charge in [-0.15, -0.1) is 0 Å². The number of nitrogens with zero attached hydrogens (tertiary/aromatic N) is 2. The molecule has 0 radical (unpaired) electrons. The minimum absolute atomic E-state index is 0.525. The number of aliphatic hydroxyl groups is 1. The first-order chi connectivity index (χ1) is 7.72. The van der Waals surface area contributed by atoms with Crippen LogP contribution in [0.15, 0.2) is 12.3 Å². The Labute approximate surface area is 95.3 Å². The van der Waals surface area contributed by atoms with Crippen LogP contribution in [-0.4, -0.2) is 33.8 Å². The van der Waals surface area contributed by atoms with Gasteiger partial charge in [0.1, 0.15) is 5.82 Å². The molecule has 5 nitrogen and oxygen atoms in total. The van der Waals surface area contributed by atoms with E-state index in [1.54, 1.807) is 6.20 Å². The van der Waals surface area contributed by atoms with Gasteiger partial charge in [0, 0.05) is 19.3 Å². The number of hydrogen-bond acceptors (Lipinski definition) is 5. The first-order valence-electron chi connectivity index (χ1n) is 5.75. The van der Waals surface area contributed by atoms with Crippen LogP contribution >= 0.6 is 0 Å². The Morgan fingerprint density at radius 1 is 1.44 bits per heavy atom. The maximum absolute atomic E-state index is 9.92. The fraction of sp³-hybridized carbons (Fsp3) is 0.636. The second-order valence-electron chi connectivity index (χ2n) is 4.23. The van der Waals surface area contributed by atoms with E-state index in [-0.39, 0.29) is 0 Å². The van der Waals surface area contributed by atoms with Gasteiger partial charge in [-0.2, -0.15) is 4.98 Å². The van der Waals surface area contributed by atoms with Crippen LogP contribution in [0, 0.1) is 0 Å². The van der Waals surface area contributed by atoms with Crippen molar-refractivity contribution in [3.05, 3.63) is 12.3 Å². The van der Waals surface area contributed by atoms with Gasteiger partial charge in [-0.3, -0.25) is 0 Å². The van der Waals surface area contributed by atoms with Crippen molar-refractivity contribution >= 4 is 11.8 Å². The second kappa shape index (κ2) is 4.65. The molecule has 0 saturated heterocycles. The van der Waals surface area contributed by atoms with E-state index in [4.69, 9.17) is 0 Å². The quantitative estimate of drug-likeness (QED) is 0.699. The fourth-order valence-corrected chi connectivity index (χ4v) is 1.72. The molecule has 0 aliphatic heterocycles. The summed E-state index contributed by atoms with van der Waals surface area (Å²) in [7, 11) is 0. The van der Waals surface area contributed by atoms with Crippen LogP contribution in [0.1, 0.15) is 26.2 Å². The number of hydrogen-bond donors (Lipinski definition) is 3. The minimum Gasteiger partial charge on any atom is -0.388 e. The van der Waals surface area contributed by atoms with Gasteiger partial charge in [0.2, 0.25) is 5.95 Å². The predicted octanol–water partition coefficient (Wildman–Crippen LogP) is 1.24. The molecular formula is C11H18N4O. The topological polar surface area (TPSA) is 70.1 Å². The van der Waals surface area contributed by atoms with Crippen LogP contribution in [0.5, 0.6) is 0 Å². The number of anilines is 2. The van der Waals surface area contributed by atoms with E-state index in [0.717, 1.165) is 31.6 Å². The molecule has 0 amide bonds. The molecule has 3 N–H and O–H groups in total. The van der Waals surface area contributed by atoms with Crippen molar-refractivity contribution in [1.82, 2.24) is 9.97 Å². The van der Waals surface area contributed by atoms with Crippen molar-refractivity contribution in [2.75, 3.05) is 23.7 Å². The molecule has 16 heavy (non-hydrogen) atoms. The van der Waals surface area contributed by atoms with Gasteiger partial charge in [-0.1, -0.05) is 0 Å². The van der Waals surface area contributed by atoms with Crippen molar-refractivity contribution in [3.63, 3.8) is 0 Å². The summed E-state index contributed by atoms with van der Waals surface area (Å²) in [6.07, 6.45) is 4.58. The van der Waals surface area contributed by atoms with Crippen LogP contribution in [0.2, 0.25) is 0 Å². The number of aromatic nitrogens is 2. The molecule has 1 heterocycles. The third kappa shape index (κ3) is 2.61. The first-order valence-corrected chi connectivity index (χ1v) is 5.75. The maximum atomic E-state index is 9.92. The summed E-state index contributed by atoms with van der Waals surface area (Å²) >= 11 is 0. The van der Waals surface area contributed by atoms with E-state index >= 15 is 0 Å². The molecule has 1 aromatic heterocycles. The van der Waals surface area contributed by atoms with Gasteiger partial charge >= 0.3 is 0 Å². The zero-order chi connectivity index (χ0) is 11.4. The SMILES string of the molecule is CCNc1nccc(NCC2(O)CCC2)n1. The molecule has 0 unspecified atom stereocenters. The van der Waals surface area contributed by atoms with E-state index in [0.29, 0.717) is 12.5 Å². The lowest BCUT2D eigenvalue weighted by Gasteiger charge is -2.36.